The van der Waals surface area contributed by atoms with E-state index in [-0.39, 0.29) is 28.7 Å². The lowest BCUT2D eigenvalue weighted by Crippen LogP contribution is -2.47. The Hall–Kier alpha value is -1.34. The van der Waals surface area contributed by atoms with Crippen LogP contribution in [0, 0.1) is 0 Å². The van der Waals surface area contributed by atoms with Gasteiger partial charge in [-0.1, -0.05) is 11.8 Å². The van der Waals surface area contributed by atoms with Crippen LogP contribution in [0.5, 0.6) is 0 Å². The zero-order valence-electron chi connectivity index (χ0n) is 13.8. The molecule has 1 aromatic heterocycles. The average molecular weight is 349 g/mol. The largest absolute Gasteiger partial charge is 0.375 e. The normalized spacial score (nSPS) is 29.4. The number of ether oxygens (including phenoxy) is 1. The van der Waals surface area contributed by atoms with Crippen LogP contribution in [0.2, 0.25) is 0 Å². The summed E-state index contributed by atoms with van der Waals surface area (Å²) in [6.45, 7) is 1.50. The van der Waals surface area contributed by atoms with Crippen molar-refractivity contribution in [2.24, 2.45) is 0 Å². The van der Waals surface area contributed by atoms with Crippen molar-refractivity contribution in [1.82, 2.24) is 14.9 Å². The second-order valence-corrected chi connectivity index (χ2v) is 8.06. The van der Waals surface area contributed by atoms with E-state index >= 15 is 0 Å². The minimum absolute atomic E-state index is 0.0470. The number of carbonyl (C=O) groups is 1. The van der Waals surface area contributed by atoms with E-state index in [4.69, 9.17) is 4.74 Å². The van der Waals surface area contributed by atoms with Gasteiger partial charge in [0.15, 0.2) is 5.16 Å². The Kier molecular flexibility index (Phi) is 4.39. The summed E-state index contributed by atoms with van der Waals surface area (Å²) in [5.74, 6) is 0.558. The fraction of sp³-hybridized carbons (Fsp3) is 0.706. The summed E-state index contributed by atoms with van der Waals surface area (Å²) in [5, 5.41) is 3.75. The molecule has 2 fully saturated rings. The smallest absolute Gasteiger partial charge is 0.267 e. The summed E-state index contributed by atoms with van der Waals surface area (Å²) in [5.41, 5.74) is -0.00778. The van der Waals surface area contributed by atoms with Crippen molar-refractivity contribution in [2.75, 3.05) is 12.4 Å². The molecule has 1 saturated heterocycles. The summed E-state index contributed by atoms with van der Waals surface area (Å²) in [6, 6.07) is 0.126. The number of hydrogen-bond acceptors (Lipinski definition) is 5. The summed E-state index contributed by atoms with van der Waals surface area (Å²) < 4.78 is 7.64. The zero-order valence-corrected chi connectivity index (χ0v) is 14.6. The van der Waals surface area contributed by atoms with Crippen LogP contribution >= 0.6 is 11.8 Å². The maximum absolute atomic E-state index is 12.5. The van der Waals surface area contributed by atoms with Crippen LogP contribution in [0.1, 0.15) is 55.3 Å². The molecule has 24 heavy (non-hydrogen) atoms. The van der Waals surface area contributed by atoms with Crippen LogP contribution in [-0.4, -0.2) is 39.5 Å². The highest BCUT2D eigenvalue weighted by atomic mass is 32.2. The van der Waals surface area contributed by atoms with E-state index < -0.39 is 0 Å². The zero-order chi connectivity index (χ0) is 16.6. The lowest BCUT2D eigenvalue weighted by molar-refractivity contribution is -0.103. The molecule has 6 nitrogen and oxygen atoms in total. The second kappa shape index (κ2) is 6.52. The first-order valence-corrected chi connectivity index (χ1v) is 9.83. The highest BCUT2D eigenvalue weighted by Crippen LogP contribution is 2.38. The molecular formula is C17H23N3O3S. The second-order valence-electron chi connectivity index (χ2n) is 7.00. The van der Waals surface area contributed by atoms with Crippen LogP contribution in [0.25, 0.3) is 0 Å². The van der Waals surface area contributed by atoms with E-state index in [2.05, 4.69) is 10.3 Å². The maximum Gasteiger partial charge on any atom is 0.267 e. The van der Waals surface area contributed by atoms with Crippen molar-refractivity contribution in [3.8, 4) is 0 Å². The first-order valence-electron chi connectivity index (χ1n) is 8.84. The first-order chi connectivity index (χ1) is 11.7. The average Bonchev–Trinajstić information content (AvgIpc) is 3.08. The van der Waals surface area contributed by atoms with Crippen LogP contribution in [0.3, 0.4) is 0 Å². The van der Waals surface area contributed by atoms with Crippen LogP contribution in [-0.2, 0) is 11.3 Å². The Morgan fingerprint density at radius 1 is 1.33 bits per heavy atom. The third-order valence-electron chi connectivity index (χ3n) is 5.47. The Bertz CT molecular complexity index is 687. The van der Waals surface area contributed by atoms with E-state index in [1.807, 2.05) is 0 Å². The molecule has 1 amide bonds. The van der Waals surface area contributed by atoms with Gasteiger partial charge in [-0.25, -0.2) is 4.98 Å². The molecule has 7 heteroatoms. The van der Waals surface area contributed by atoms with Gasteiger partial charge in [0.25, 0.3) is 11.5 Å². The minimum Gasteiger partial charge on any atom is -0.375 e. The van der Waals surface area contributed by atoms with E-state index in [9.17, 15) is 9.59 Å². The van der Waals surface area contributed by atoms with Crippen LogP contribution in [0.15, 0.2) is 16.1 Å². The Labute approximate surface area is 145 Å². The molecule has 0 aromatic carbocycles. The first kappa shape index (κ1) is 16.1. The van der Waals surface area contributed by atoms with E-state index in [0.29, 0.717) is 11.7 Å². The molecule has 0 radical (unpaired) electrons. The molecule has 2 aliphatic heterocycles. The fourth-order valence-electron chi connectivity index (χ4n) is 4.03. The molecule has 0 unspecified atom stereocenters. The highest BCUT2D eigenvalue weighted by Gasteiger charge is 2.38. The van der Waals surface area contributed by atoms with Gasteiger partial charge in [0.2, 0.25) is 0 Å². The number of aromatic nitrogens is 2. The Morgan fingerprint density at radius 2 is 2.17 bits per heavy atom. The number of fused-ring (bicyclic) bond motifs is 1. The van der Waals surface area contributed by atoms with Gasteiger partial charge >= 0.3 is 0 Å². The Morgan fingerprint density at radius 3 is 2.92 bits per heavy atom. The van der Waals surface area contributed by atoms with Gasteiger partial charge in [-0.05, 0) is 44.9 Å². The summed E-state index contributed by atoms with van der Waals surface area (Å²) in [7, 11) is 0. The van der Waals surface area contributed by atoms with Crippen molar-refractivity contribution in [2.45, 2.75) is 68.3 Å². The number of rotatable bonds is 2. The van der Waals surface area contributed by atoms with E-state index in [1.165, 1.54) is 12.6 Å². The number of thioether (sulfide) groups is 1. The quantitative estimate of drug-likeness (QED) is 0.826. The number of carbonyl (C=O) groups excluding carboxylic acids is 1. The molecule has 0 bridgehead atoms. The molecule has 0 atom stereocenters. The molecular weight excluding hydrogens is 326 g/mol. The monoisotopic (exact) mass is 349 g/mol. The predicted octanol–water partition coefficient (Wildman–Crippen LogP) is 1.96. The van der Waals surface area contributed by atoms with Crippen molar-refractivity contribution >= 4 is 17.7 Å². The SMILES string of the molecule is O=C(NC1CCC2(CCCCO2)CC1)c1cnc2n(c1=O)CCS2. The molecule has 1 saturated carbocycles. The van der Waals surface area contributed by atoms with Gasteiger partial charge in [0.05, 0.1) is 5.60 Å². The molecule has 1 aliphatic carbocycles. The van der Waals surface area contributed by atoms with Crippen molar-refractivity contribution in [3.05, 3.63) is 22.1 Å². The summed E-state index contributed by atoms with van der Waals surface area (Å²) in [6.07, 6.45) is 8.80. The summed E-state index contributed by atoms with van der Waals surface area (Å²) >= 11 is 1.56. The molecule has 1 spiro atoms. The molecule has 130 valence electrons. The number of hydrogen-bond donors (Lipinski definition) is 1. The third kappa shape index (κ3) is 2.99. The van der Waals surface area contributed by atoms with E-state index in [1.54, 1.807) is 16.3 Å². The molecule has 3 aliphatic rings. The minimum atomic E-state index is -0.287. The summed E-state index contributed by atoms with van der Waals surface area (Å²) in [4.78, 5) is 29.2. The van der Waals surface area contributed by atoms with Gasteiger partial charge in [0, 0.05) is 31.1 Å². The molecule has 1 N–H and O–H groups in total. The number of amides is 1. The predicted molar refractivity (Wildman–Crippen MR) is 91.5 cm³/mol. The Balaban J connectivity index is 1.40. The topological polar surface area (TPSA) is 73.2 Å². The molecule has 1 aromatic rings. The molecule has 4 rings (SSSR count). The van der Waals surface area contributed by atoms with Crippen LogP contribution in [0.4, 0.5) is 0 Å². The van der Waals surface area contributed by atoms with Crippen molar-refractivity contribution in [1.29, 1.82) is 0 Å². The fourth-order valence-corrected chi connectivity index (χ4v) is 4.94. The maximum atomic E-state index is 12.5. The van der Waals surface area contributed by atoms with Gasteiger partial charge in [-0.3, -0.25) is 14.2 Å². The highest BCUT2D eigenvalue weighted by molar-refractivity contribution is 7.99. The van der Waals surface area contributed by atoms with Crippen molar-refractivity contribution < 1.29 is 9.53 Å². The van der Waals surface area contributed by atoms with Crippen LogP contribution < -0.4 is 10.9 Å². The van der Waals surface area contributed by atoms with E-state index in [0.717, 1.165) is 50.9 Å². The lowest BCUT2D eigenvalue weighted by atomic mass is 9.78. The number of nitrogens with zero attached hydrogens (tertiary/aromatic N) is 2. The third-order valence-corrected chi connectivity index (χ3v) is 6.44. The van der Waals surface area contributed by atoms with Crippen molar-refractivity contribution in [3.63, 3.8) is 0 Å². The van der Waals surface area contributed by atoms with Gasteiger partial charge in [0.1, 0.15) is 5.56 Å². The lowest BCUT2D eigenvalue weighted by Gasteiger charge is -2.42. The van der Waals surface area contributed by atoms with Gasteiger partial charge in [-0.15, -0.1) is 0 Å². The number of nitrogens with one attached hydrogen (secondary N) is 1. The van der Waals surface area contributed by atoms with Gasteiger partial charge in [-0.2, -0.15) is 0 Å². The van der Waals surface area contributed by atoms with Gasteiger partial charge < -0.3 is 10.1 Å². The standard InChI is InChI=1S/C17H23N3O3S/c21-14(13-11-18-16-20(15(13)22)8-10-24-16)19-12-3-6-17(7-4-12)5-1-2-9-23-17/h11-12H,1-10H2,(H,19,21). The molecule has 3 heterocycles.